The molecule has 0 atom stereocenters. The molecule has 0 saturated carbocycles. The molecular formula is C23H27BrClN5O. The maximum Gasteiger partial charge on any atom is 0.213 e. The summed E-state index contributed by atoms with van der Waals surface area (Å²) in [5.41, 5.74) is 4.60. The first kappa shape index (κ1) is 24.8. The monoisotopic (exact) mass is 503 g/mol. The summed E-state index contributed by atoms with van der Waals surface area (Å²) in [6.45, 7) is 4.44. The Balaban J connectivity index is 0.000000231. The number of halogens is 2. The summed E-state index contributed by atoms with van der Waals surface area (Å²) in [5, 5.41) is 15.1. The van der Waals surface area contributed by atoms with Gasteiger partial charge in [0.2, 0.25) is 5.90 Å². The minimum atomic E-state index is 0. The molecule has 1 aliphatic rings. The molecule has 0 bridgehead atoms. The van der Waals surface area contributed by atoms with E-state index in [0.717, 1.165) is 40.9 Å². The van der Waals surface area contributed by atoms with Gasteiger partial charge in [0.25, 0.3) is 0 Å². The number of aromatic nitrogens is 3. The van der Waals surface area contributed by atoms with E-state index < -0.39 is 0 Å². The Hall–Kier alpha value is -2.48. The number of aryl methyl sites for hydroxylation is 1. The largest absolute Gasteiger partial charge is 0.478 e. The van der Waals surface area contributed by atoms with Crippen molar-refractivity contribution in [2.24, 2.45) is 7.05 Å². The van der Waals surface area contributed by atoms with Crippen molar-refractivity contribution in [1.82, 2.24) is 20.1 Å². The summed E-state index contributed by atoms with van der Waals surface area (Å²) in [4.78, 5) is 4.26. The number of hydrogen-bond acceptors (Lipinski definition) is 5. The Morgan fingerprint density at radius 3 is 2.35 bits per heavy atom. The molecule has 2 N–H and O–H groups in total. The van der Waals surface area contributed by atoms with Crippen LogP contribution < -0.4 is 5.32 Å². The maximum atomic E-state index is 7.46. The van der Waals surface area contributed by atoms with Gasteiger partial charge < -0.3 is 10.1 Å². The van der Waals surface area contributed by atoms with Crippen molar-refractivity contribution >= 4 is 39.8 Å². The minimum Gasteiger partial charge on any atom is -0.478 e. The molecule has 6 nitrogen and oxygen atoms in total. The summed E-state index contributed by atoms with van der Waals surface area (Å²) in [6, 6.07) is 16.0. The van der Waals surface area contributed by atoms with Crippen LogP contribution >= 0.6 is 28.3 Å². The van der Waals surface area contributed by atoms with E-state index in [1.807, 2.05) is 38.2 Å². The second-order valence-electron chi connectivity index (χ2n) is 6.77. The fourth-order valence-electron chi connectivity index (χ4n) is 3.02. The quantitative estimate of drug-likeness (QED) is 0.383. The number of benzene rings is 2. The van der Waals surface area contributed by atoms with Gasteiger partial charge >= 0.3 is 0 Å². The lowest BCUT2D eigenvalue weighted by molar-refractivity contribution is 0.325. The number of hydrogen-bond donors (Lipinski definition) is 2. The van der Waals surface area contributed by atoms with Crippen molar-refractivity contribution < 1.29 is 4.74 Å². The van der Waals surface area contributed by atoms with Gasteiger partial charge in [0.15, 0.2) is 5.82 Å². The summed E-state index contributed by atoms with van der Waals surface area (Å²) in [6.07, 6.45) is 5.08. The third kappa shape index (κ3) is 7.31. The van der Waals surface area contributed by atoms with Crippen molar-refractivity contribution in [3.63, 3.8) is 0 Å². The first-order valence-electron chi connectivity index (χ1n) is 9.90. The van der Waals surface area contributed by atoms with Gasteiger partial charge in [-0.3, -0.25) is 10.1 Å². The van der Waals surface area contributed by atoms with Gasteiger partial charge in [-0.25, -0.2) is 4.98 Å². The zero-order valence-corrected chi connectivity index (χ0v) is 20.0. The lowest BCUT2D eigenvalue weighted by Crippen LogP contribution is -2.19. The van der Waals surface area contributed by atoms with Crippen LogP contribution in [0.15, 0.2) is 65.4 Å². The predicted octanol–water partition coefficient (Wildman–Crippen LogP) is 5.09. The Labute approximate surface area is 197 Å². The van der Waals surface area contributed by atoms with Crippen LogP contribution in [-0.2, 0) is 11.8 Å². The molecular weight excluding hydrogens is 478 g/mol. The summed E-state index contributed by atoms with van der Waals surface area (Å²) < 4.78 is 7.77. The smallest absolute Gasteiger partial charge is 0.213 e. The Morgan fingerprint density at radius 1 is 1.13 bits per heavy atom. The standard InChI is InChI=1S/C14H16N4.C9H10BrNO.ClH/c1-18-10-16-14(17-18)13-4-2-11(3-5-13)12-6-8-15-9-7-12;1-2-12-9(11)7-3-5-8(10)6-4-7;/h2-6,10,15H,7-9H2,1H3;3-6,11H,2H2,1H3;1H. The molecule has 0 aliphatic carbocycles. The second-order valence-corrected chi connectivity index (χ2v) is 7.69. The van der Waals surface area contributed by atoms with Crippen molar-refractivity contribution in [1.29, 1.82) is 5.41 Å². The highest BCUT2D eigenvalue weighted by Gasteiger charge is 2.07. The van der Waals surface area contributed by atoms with Crippen LogP contribution in [0.5, 0.6) is 0 Å². The first-order valence-corrected chi connectivity index (χ1v) is 10.7. The van der Waals surface area contributed by atoms with Gasteiger partial charge in [0, 0.05) is 29.2 Å². The van der Waals surface area contributed by atoms with Gasteiger partial charge in [0.05, 0.1) is 6.61 Å². The fourth-order valence-corrected chi connectivity index (χ4v) is 3.28. The van der Waals surface area contributed by atoms with Crippen LogP contribution in [0.25, 0.3) is 17.0 Å². The van der Waals surface area contributed by atoms with Crippen molar-refractivity contribution in [2.75, 3.05) is 19.7 Å². The topological polar surface area (TPSA) is 75.8 Å². The molecule has 0 saturated heterocycles. The summed E-state index contributed by atoms with van der Waals surface area (Å²) in [7, 11) is 1.88. The Morgan fingerprint density at radius 2 is 1.81 bits per heavy atom. The fraction of sp³-hybridized carbons (Fsp3) is 0.261. The SMILES string of the molecule is CCOC(=N)c1ccc(Br)cc1.Cl.Cn1cnc(-c2ccc(C3=CCNCC3)cc2)n1. The zero-order valence-electron chi connectivity index (χ0n) is 17.6. The van der Waals surface area contributed by atoms with Crippen LogP contribution in [-0.4, -0.2) is 40.4 Å². The van der Waals surface area contributed by atoms with Crippen LogP contribution in [0.4, 0.5) is 0 Å². The average Bonchev–Trinajstić information content (AvgIpc) is 3.22. The minimum absolute atomic E-state index is 0. The maximum absolute atomic E-state index is 7.46. The van der Waals surface area contributed by atoms with E-state index in [-0.39, 0.29) is 18.3 Å². The molecule has 2 heterocycles. The van der Waals surface area contributed by atoms with Gasteiger partial charge in [0.1, 0.15) is 6.33 Å². The predicted molar refractivity (Wildman–Crippen MR) is 132 cm³/mol. The number of nitrogens with one attached hydrogen (secondary N) is 2. The molecule has 0 fully saturated rings. The average molecular weight is 505 g/mol. The highest BCUT2D eigenvalue weighted by Crippen LogP contribution is 2.22. The molecule has 0 spiro atoms. The molecule has 3 aromatic rings. The van der Waals surface area contributed by atoms with E-state index in [1.54, 1.807) is 11.0 Å². The highest BCUT2D eigenvalue weighted by molar-refractivity contribution is 9.10. The highest BCUT2D eigenvalue weighted by atomic mass is 79.9. The lowest BCUT2D eigenvalue weighted by atomic mass is 9.99. The van der Waals surface area contributed by atoms with Crippen LogP contribution in [0.3, 0.4) is 0 Å². The molecule has 164 valence electrons. The summed E-state index contributed by atoms with van der Waals surface area (Å²) in [5.74, 6) is 1.01. The molecule has 0 radical (unpaired) electrons. The zero-order chi connectivity index (χ0) is 21.3. The van der Waals surface area contributed by atoms with E-state index >= 15 is 0 Å². The first-order chi connectivity index (χ1) is 14.6. The van der Waals surface area contributed by atoms with Crippen LogP contribution in [0, 0.1) is 5.41 Å². The van der Waals surface area contributed by atoms with Crippen LogP contribution in [0.2, 0.25) is 0 Å². The Kier molecular flexibility index (Phi) is 9.91. The number of ether oxygens (including phenoxy) is 1. The van der Waals surface area contributed by atoms with E-state index in [4.69, 9.17) is 10.1 Å². The van der Waals surface area contributed by atoms with E-state index in [2.05, 4.69) is 61.7 Å². The van der Waals surface area contributed by atoms with Crippen molar-refractivity contribution in [3.8, 4) is 11.4 Å². The molecule has 1 aromatic heterocycles. The van der Waals surface area contributed by atoms with Gasteiger partial charge in [-0.05, 0) is 55.3 Å². The van der Waals surface area contributed by atoms with Gasteiger partial charge in [-0.15, -0.1) is 12.4 Å². The second kappa shape index (κ2) is 12.4. The van der Waals surface area contributed by atoms with Crippen molar-refractivity contribution in [2.45, 2.75) is 13.3 Å². The third-order valence-electron chi connectivity index (χ3n) is 4.57. The summed E-state index contributed by atoms with van der Waals surface area (Å²) >= 11 is 3.32. The van der Waals surface area contributed by atoms with Crippen LogP contribution in [0.1, 0.15) is 24.5 Å². The third-order valence-corrected chi connectivity index (χ3v) is 5.10. The molecule has 1 aliphatic heterocycles. The lowest BCUT2D eigenvalue weighted by Gasteiger charge is -2.14. The molecule has 31 heavy (non-hydrogen) atoms. The van der Waals surface area contributed by atoms with E-state index in [1.165, 1.54) is 11.1 Å². The number of nitrogens with zero attached hydrogens (tertiary/aromatic N) is 3. The van der Waals surface area contributed by atoms with Gasteiger partial charge in [-0.2, -0.15) is 5.10 Å². The normalized spacial score (nSPS) is 12.7. The molecule has 4 rings (SSSR count). The number of rotatable bonds is 4. The molecule has 0 unspecified atom stereocenters. The van der Waals surface area contributed by atoms with E-state index in [0.29, 0.717) is 6.61 Å². The van der Waals surface area contributed by atoms with E-state index in [9.17, 15) is 0 Å². The molecule has 0 amide bonds. The Bertz CT molecular complexity index is 1000. The van der Waals surface area contributed by atoms with Gasteiger partial charge in [-0.1, -0.05) is 46.3 Å². The molecule has 2 aromatic carbocycles. The molecule has 8 heteroatoms. The van der Waals surface area contributed by atoms with Crippen molar-refractivity contribution in [3.05, 3.63) is 76.5 Å².